The smallest absolute Gasteiger partial charge is 0.272 e. The molecule has 0 amide bonds. The maximum atomic E-state index is 14.2. The van der Waals surface area contributed by atoms with E-state index in [1.54, 1.807) is 0 Å². The van der Waals surface area contributed by atoms with Gasteiger partial charge in [0.1, 0.15) is 0 Å². The minimum Gasteiger partial charge on any atom is -0.368 e. The van der Waals surface area contributed by atoms with Gasteiger partial charge in [-0.25, -0.2) is 4.39 Å². The Kier molecular flexibility index (Phi) is 4.77. The van der Waals surface area contributed by atoms with E-state index in [0.717, 1.165) is 58.3 Å². The third-order valence-electron chi connectivity index (χ3n) is 5.02. The van der Waals surface area contributed by atoms with Gasteiger partial charge < -0.3 is 9.80 Å². The molecule has 0 radical (unpaired) electrons. The van der Waals surface area contributed by atoms with Crippen LogP contribution in [-0.4, -0.2) is 66.6 Å². The summed E-state index contributed by atoms with van der Waals surface area (Å²) in [5.74, 6) is -0.504. The van der Waals surface area contributed by atoms with Crippen LogP contribution in [0.2, 0.25) is 0 Å². The Hall–Kier alpha value is -1.73. The van der Waals surface area contributed by atoms with E-state index in [1.807, 2.05) is 4.90 Å². The van der Waals surface area contributed by atoms with E-state index in [1.165, 1.54) is 12.1 Å². The monoisotopic (exact) mass is 322 g/mol. The lowest BCUT2D eigenvalue weighted by Gasteiger charge is -2.37. The van der Waals surface area contributed by atoms with Crippen LogP contribution in [0.15, 0.2) is 18.2 Å². The second-order valence-corrected chi connectivity index (χ2v) is 6.25. The third-order valence-corrected chi connectivity index (χ3v) is 5.02. The van der Waals surface area contributed by atoms with Crippen molar-refractivity contribution < 1.29 is 9.31 Å². The number of nitro benzene ring substituents is 1. The number of benzene rings is 1. The van der Waals surface area contributed by atoms with Crippen molar-refractivity contribution in [2.24, 2.45) is 0 Å². The zero-order valence-electron chi connectivity index (χ0n) is 13.4. The molecule has 126 valence electrons. The van der Waals surface area contributed by atoms with Gasteiger partial charge in [0.15, 0.2) is 5.82 Å². The second kappa shape index (κ2) is 6.80. The molecular weight excluding hydrogens is 299 g/mol. The van der Waals surface area contributed by atoms with Gasteiger partial charge in [-0.15, -0.1) is 0 Å². The first-order valence-corrected chi connectivity index (χ1v) is 8.23. The summed E-state index contributed by atoms with van der Waals surface area (Å²) >= 11 is 0. The van der Waals surface area contributed by atoms with E-state index >= 15 is 0 Å². The highest BCUT2D eigenvalue weighted by molar-refractivity contribution is 5.53. The van der Waals surface area contributed by atoms with E-state index < -0.39 is 10.7 Å². The number of nitro groups is 1. The normalized spacial score (nSPS) is 23.4. The van der Waals surface area contributed by atoms with Crippen LogP contribution in [0.1, 0.15) is 13.3 Å². The molecule has 1 unspecified atom stereocenters. The van der Waals surface area contributed by atoms with Gasteiger partial charge in [-0.05, 0) is 19.0 Å². The topological polar surface area (TPSA) is 52.9 Å². The lowest BCUT2D eigenvalue weighted by Crippen LogP contribution is -2.50. The van der Waals surface area contributed by atoms with Crippen molar-refractivity contribution in [3.8, 4) is 0 Å². The molecule has 23 heavy (non-hydrogen) atoms. The predicted molar refractivity (Wildman–Crippen MR) is 87.4 cm³/mol. The van der Waals surface area contributed by atoms with Gasteiger partial charge in [0.2, 0.25) is 0 Å². The SMILES string of the molecule is CCN1CCN(C2CCN(c3ccc([N+](=O)[O-])cc3F)C2)CC1. The molecule has 2 aliphatic heterocycles. The highest BCUT2D eigenvalue weighted by atomic mass is 19.1. The molecule has 2 aliphatic rings. The van der Waals surface area contributed by atoms with E-state index in [-0.39, 0.29) is 5.69 Å². The average molecular weight is 322 g/mol. The van der Waals surface area contributed by atoms with Crippen molar-refractivity contribution >= 4 is 11.4 Å². The number of likely N-dealkylation sites (N-methyl/N-ethyl adjacent to an activating group) is 1. The summed E-state index contributed by atoms with van der Waals surface area (Å²) in [6.45, 7) is 9.19. The van der Waals surface area contributed by atoms with Crippen molar-refractivity contribution in [1.82, 2.24) is 9.80 Å². The largest absolute Gasteiger partial charge is 0.368 e. The summed E-state index contributed by atoms with van der Waals surface area (Å²) in [4.78, 5) is 17.1. The Balaban J connectivity index is 1.63. The van der Waals surface area contributed by atoms with Gasteiger partial charge >= 0.3 is 0 Å². The molecule has 1 atom stereocenters. The van der Waals surface area contributed by atoms with Crippen LogP contribution in [-0.2, 0) is 0 Å². The van der Waals surface area contributed by atoms with Crippen molar-refractivity contribution in [3.05, 3.63) is 34.1 Å². The Bertz CT molecular complexity index is 575. The van der Waals surface area contributed by atoms with Gasteiger partial charge in [-0.2, -0.15) is 0 Å². The lowest BCUT2D eigenvalue weighted by molar-refractivity contribution is -0.385. The van der Waals surface area contributed by atoms with Crippen LogP contribution < -0.4 is 4.90 Å². The van der Waals surface area contributed by atoms with Crippen molar-refractivity contribution in [1.29, 1.82) is 0 Å². The molecule has 2 fully saturated rings. The fourth-order valence-corrected chi connectivity index (χ4v) is 3.57. The molecule has 0 aromatic heterocycles. The molecule has 1 aromatic rings. The Morgan fingerprint density at radius 1 is 1.26 bits per heavy atom. The Morgan fingerprint density at radius 2 is 2.00 bits per heavy atom. The summed E-state index contributed by atoms with van der Waals surface area (Å²) in [6.07, 6.45) is 1.02. The number of halogens is 1. The summed E-state index contributed by atoms with van der Waals surface area (Å²) < 4.78 is 14.2. The third kappa shape index (κ3) is 3.45. The molecule has 2 saturated heterocycles. The van der Waals surface area contributed by atoms with Crippen LogP contribution >= 0.6 is 0 Å². The molecule has 3 rings (SSSR count). The van der Waals surface area contributed by atoms with Gasteiger partial charge in [0.25, 0.3) is 5.69 Å². The first-order chi connectivity index (χ1) is 11.1. The first kappa shape index (κ1) is 16.1. The molecule has 7 heteroatoms. The van der Waals surface area contributed by atoms with E-state index in [4.69, 9.17) is 0 Å². The zero-order chi connectivity index (χ0) is 16.4. The molecular formula is C16H23FN4O2. The highest BCUT2D eigenvalue weighted by Crippen LogP contribution is 2.28. The molecule has 2 heterocycles. The van der Waals surface area contributed by atoms with E-state index in [9.17, 15) is 14.5 Å². The number of hydrogen-bond donors (Lipinski definition) is 0. The van der Waals surface area contributed by atoms with Gasteiger partial charge in [0.05, 0.1) is 16.7 Å². The first-order valence-electron chi connectivity index (χ1n) is 8.23. The van der Waals surface area contributed by atoms with E-state index in [2.05, 4.69) is 16.7 Å². The summed E-state index contributed by atoms with van der Waals surface area (Å²) in [7, 11) is 0. The summed E-state index contributed by atoms with van der Waals surface area (Å²) in [5.41, 5.74) is 0.281. The Morgan fingerprint density at radius 3 is 2.61 bits per heavy atom. The fourth-order valence-electron chi connectivity index (χ4n) is 3.57. The number of nitrogens with zero attached hydrogens (tertiary/aromatic N) is 4. The average Bonchev–Trinajstić information content (AvgIpc) is 3.04. The van der Waals surface area contributed by atoms with Crippen LogP contribution in [0, 0.1) is 15.9 Å². The predicted octanol–water partition coefficient (Wildman–Crippen LogP) is 1.95. The highest BCUT2D eigenvalue weighted by Gasteiger charge is 2.31. The number of rotatable bonds is 4. The molecule has 0 N–H and O–H groups in total. The van der Waals surface area contributed by atoms with Crippen molar-refractivity contribution in [2.75, 3.05) is 50.7 Å². The maximum absolute atomic E-state index is 14.2. The number of anilines is 1. The number of hydrogen-bond acceptors (Lipinski definition) is 5. The quantitative estimate of drug-likeness (QED) is 0.626. The summed E-state index contributed by atoms with van der Waals surface area (Å²) in [5, 5.41) is 10.7. The van der Waals surface area contributed by atoms with Crippen LogP contribution in [0.3, 0.4) is 0 Å². The molecule has 0 aliphatic carbocycles. The zero-order valence-corrected chi connectivity index (χ0v) is 13.4. The standard InChI is InChI=1S/C16H23FN4O2/c1-2-18-7-9-19(10-8-18)14-5-6-20(12-14)16-4-3-13(21(22)23)11-15(16)17/h3-4,11,14H,2,5-10,12H2,1H3. The van der Waals surface area contributed by atoms with Gasteiger partial charge in [-0.3, -0.25) is 15.0 Å². The van der Waals surface area contributed by atoms with Crippen molar-refractivity contribution in [2.45, 2.75) is 19.4 Å². The molecule has 0 bridgehead atoms. The minimum atomic E-state index is -0.563. The minimum absolute atomic E-state index is 0.197. The maximum Gasteiger partial charge on any atom is 0.272 e. The molecule has 0 saturated carbocycles. The number of piperazine rings is 1. The van der Waals surface area contributed by atoms with Gasteiger partial charge in [-0.1, -0.05) is 6.92 Å². The molecule has 1 aromatic carbocycles. The van der Waals surface area contributed by atoms with Crippen LogP contribution in [0.5, 0.6) is 0 Å². The van der Waals surface area contributed by atoms with Gasteiger partial charge in [0, 0.05) is 51.4 Å². The lowest BCUT2D eigenvalue weighted by atomic mass is 10.2. The molecule has 0 spiro atoms. The molecule has 6 nitrogen and oxygen atoms in total. The van der Waals surface area contributed by atoms with Crippen molar-refractivity contribution in [3.63, 3.8) is 0 Å². The van der Waals surface area contributed by atoms with E-state index in [0.29, 0.717) is 11.7 Å². The van der Waals surface area contributed by atoms with Crippen LogP contribution in [0.25, 0.3) is 0 Å². The summed E-state index contributed by atoms with van der Waals surface area (Å²) in [6, 6.07) is 4.38. The fraction of sp³-hybridized carbons (Fsp3) is 0.625. The Labute approximate surface area is 135 Å². The van der Waals surface area contributed by atoms with Crippen LogP contribution in [0.4, 0.5) is 15.8 Å². The second-order valence-electron chi connectivity index (χ2n) is 6.25. The number of non-ortho nitro benzene ring substituents is 1.